The number of hydrogen-bond acceptors (Lipinski definition) is 6. The van der Waals surface area contributed by atoms with Gasteiger partial charge in [-0.15, -0.1) is 0 Å². The van der Waals surface area contributed by atoms with E-state index in [9.17, 15) is 14.9 Å². The number of ether oxygens (including phenoxy) is 2. The lowest BCUT2D eigenvalue weighted by Crippen LogP contribution is -2.17. The molecule has 1 amide bonds. The molecule has 0 saturated heterocycles. The van der Waals surface area contributed by atoms with Crippen molar-refractivity contribution in [1.29, 1.82) is 0 Å². The van der Waals surface area contributed by atoms with Crippen LogP contribution in [0.1, 0.15) is 27.0 Å². The van der Waals surface area contributed by atoms with Crippen LogP contribution in [0, 0.1) is 17.0 Å². The van der Waals surface area contributed by atoms with E-state index in [1.165, 1.54) is 37.6 Å². The number of hydrogen-bond donors (Lipinski definition) is 1. The molecule has 0 aliphatic heterocycles. The third kappa shape index (κ3) is 5.70. The van der Waals surface area contributed by atoms with Crippen molar-refractivity contribution in [2.24, 2.45) is 5.10 Å². The van der Waals surface area contributed by atoms with Crippen LogP contribution in [0.5, 0.6) is 11.5 Å². The minimum absolute atomic E-state index is 0.134. The van der Waals surface area contributed by atoms with E-state index in [-0.39, 0.29) is 11.3 Å². The Kier molecular flexibility index (Phi) is 7.56. The van der Waals surface area contributed by atoms with Gasteiger partial charge in [-0.2, -0.15) is 5.10 Å². The fourth-order valence-electron chi connectivity index (χ4n) is 2.87. The molecule has 0 heterocycles. The number of non-ortho nitro benzene ring substituents is 1. The lowest BCUT2D eigenvalue weighted by molar-refractivity contribution is -0.384. The number of nitro groups is 1. The number of amides is 1. The van der Waals surface area contributed by atoms with Crippen molar-refractivity contribution < 1.29 is 19.2 Å². The molecule has 0 aliphatic rings. The van der Waals surface area contributed by atoms with Gasteiger partial charge in [-0.05, 0) is 57.7 Å². The van der Waals surface area contributed by atoms with Crippen LogP contribution in [0.25, 0.3) is 0 Å². The second kappa shape index (κ2) is 10.5. The van der Waals surface area contributed by atoms with Gasteiger partial charge >= 0.3 is 0 Å². The van der Waals surface area contributed by atoms with Gasteiger partial charge in [0.05, 0.1) is 22.7 Å². The molecule has 3 aromatic rings. The fourth-order valence-corrected chi connectivity index (χ4v) is 3.44. The van der Waals surface area contributed by atoms with Gasteiger partial charge in [0, 0.05) is 17.7 Å². The molecule has 0 spiro atoms. The first kappa shape index (κ1) is 23.0. The first-order valence-corrected chi connectivity index (χ1v) is 10.3. The first-order valence-electron chi connectivity index (χ1n) is 9.51. The Bertz CT molecular complexity index is 1180. The molecule has 0 radical (unpaired) electrons. The van der Waals surface area contributed by atoms with Gasteiger partial charge in [0.2, 0.25) is 0 Å². The number of nitro benzene ring substituents is 1. The fraction of sp³-hybridized carbons (Fsp3) is 0.130. The molecule has 1 N–H and O–H groups in total. The molecule has 0 saturated carbocycles. The van der Waals surface area contributed by atoms with E-state index in [2.05, 4.69) is 26.5 Å². The molecule has 8 nitrogen and oxygen atoms in total. The van der Waals surface area contributed by atoms with Gasteiger partial charge in [0.15, 0.2) is 11.5 Å². The third-order valence-corrected chi connectivity index (χ3v) is 5.17. The molecule has 0 aliphatic carbocycles. The molecule has 0 unspecified atom stereocenters. The molecule has 32 heavy (non-hydrogen) atoms. The summed E-state index contributed by atoms with van der Waals surface area (Å²) in [6.45, 7) is 2.40. The van der Waals surface area contributed by atoms with Gasteiger partial charge in [-0.3, -0.25) is 14.9 Å². The van der Waals surface area contributed by atoms with E-state index in [1.807, 2.05) is 31.2 Å². The van der Waals surface area contributed by atoms with Crippen molar-refractivity contribution in [3.05, 3.63) is 97.5 Å². The molecule has 164 valence electrons. The van der Waals surface area contributed by atoms with Crippen LogP contribution in [0.3, 0.4) is 0 Å². The van der Waals surface area contributed by atoms with E-state index in [1.54, 1.807) is 12.1 Å². The van der Waals surface area contributed by atoms with Crippen LogP contribution in [-0.4, -0.2) is 24.2 Å². The average molecular weight is 498 g/mol. The lowest BCUT2D eigenvalue weighted by Gasteiger charge is -2.14. The Morgan fingerprint density at radius 2 is 1.97 bits per heavy atom. The maximum atomic E-state index is 12.2. The molecular weight excluding hydrogens is 478 g/mol. The number of carbonyl (C=O) groups excluding carboxylic acids is 1. The molecule has 3 aromatic carbocycles. The maximum absolute atomic E-state index is 12.2. The normalized spacial score (nSPS) is 10.7. The number of rotatable bonds is 8. The third-order valence-electron chi connectivity index (χ3n) is 4.58. The van der Waals surface area contributed by atoms with E-state index in [0.717, 1.165) is 11.1 Å². The standard InChI is InChI=1S/C23H20BrN3O5/c1-15-6-3-4-7-18(15)14-32-22-20(24)10-16(11-21(22)31-2)13-25-26-23(28)17-8-5-9-19(12-17)27(29)30/h3-13H,14H2,1-2H3,(H,26,28)/b25-13-. The largest absolute Gasteiger partial charge is 0.493 e. The summed E-state index contributed by atoms with van der Waals surface area (Å²) in [6, 6.07) is 16.9. The highest BCUT2D eigenvalue weighted by atomic mass is 79.9. The zero-order chi connectivity index (χ0) is 23.1. The minimum atomic E-state index is -0.563. The van der Waals surface area contributed by atoms with Crippen LogP contribution in [0.15, 0.2) is 70.2 Å². The number of nitrogens with zero attached hydrogens (tertiary/aromatic N) is 2. The molecule has 3 rings (SSSR count). The van der Waals surface area contributed by atoms with Crippen LogP contribution in [0.4, 0.5) is 5.69 Å². The number of hydrazone groups is 1. The summed E-state index contributed by atoms with van der Waals surface area (Å²) in [4.78, 5) is 22.5. The van der Waals surface area contributed by atoms with E-state index < -0.39 is 10.8 Å². The highest BCUT2D eigenvalue weighted by molar-refractivity contribution is 9.10. The van der Waals surface area contributed by atoms with Gasteiger partial charge in [-0.1, -0.05) is 30.3 Å². The summed E-state index contributed by atoms with van der Waals surface area (Å²) in [5, 5.41) is 14.8. The van der Waals surface area contributed by atoms with E-state index in [0.29, 0.717) is 28.1 Å². The van der Waals surface area contributed by atoms with Gasteiger partial charge in [0.1, 0.15) is 6.61 Å². The Hall–Kier alpha value is -3.72. The lowest BCUT2D eigenvalue weighted by atomic mass is 10.1. The van der Waals surface area contributed by atoms with Crippen molar-refractivity contribution in [2.45, 2.75) is 13.5 Å². The van der Waals surface area contributed by atoms with Crippen LogP contribution in [-0.2, 0) is 6.61 Å². The van der Waals surface area contributed by atoms with Gasteiger partial charge in [-0.25, -0.2) is 5.43 Å². The number of benzene rings is 3. The Morgan fingerprint density at radius 3 is 2.69 bits per heavy atom. The van der Waals surface area contributed by atoms with Gasteiger partial charge in [0.25, 0.3) is 11.6 Å². The van der Waals surface area contributed by atoms with Crippen molar-refractivity contribution in [2.75, 3.05) is 7.11 Å². The molecule has 0 atom stereocenters. The Labute approximate surface area is 193 Å². The SMILES string of the molecule is COc1cc(/C=N\NC(=O)c2cccc([N+](=O)[O-])c2)cc(Br)c1OCc1ccccc1C. The zero-order valence-corrected chi connectivity index (χ0v) is 19.0. The number of carbonyl (C=O) groups is 1. The highest BCUT2D eigenvalue weighted by Gasteiger charge is 2.13. The predicted molar refractivity (Wildman–Crippen MR) is 124 cm³/mol. The summed E-state index contributed by atoms with van der Waals surface area (Å²) in [7, 11) is 1.54. The van der Waals surface area contributed by atoms with E-state index >= 15 is 0 Å². The minimum Gasteiger partial charge on any atom is -0.493 e. The topological polar surface area (TPSA) is 103 Å². The van der Waals surface area contributed by atoms with Crippen molar-refractivity contribution in [1.82, 2.24) is 5.43 Å². The number of halogens is 1. The second-order valence-electron chi connectivity index (χ2n) is 6.76. The van der Waals surface area contributed by atoms with Crippen LogP contribution in [0.2, 0.25) is 0 Å². The molecule has 0 bridgehead atoms. The first-order chi connectivity index (χ1) is 15.4. The summed E-state index contributed by atoms with van der Waals surface area (Å²) < 4.78 is 12.1. The second-order valence-corrected chi connectivity index (χ2v) is 7.61. The number of aryl methyl sites for hydroxylation is 1. The quantitative estimate of drug-likeness (QED) is 0.267. The van der Waals surface area contributed by atoms with Crippen molar-refractivity contribution in [3.63, 3.8) is 0 Å². The van der Waals surface area contributed by atoms with Gasteiger partial charge < -0.3 is 9.47 Å². The Balaban J connectivity index is 1.70. The summed E-state index contributed by atoms with van der Waals surface area (Å²) in [5.41, 5.74) is 5.17. The highest BCUT2D eigenvalue weighted by Crippen LogP contribution is 2.37. The molecule has 9 heteroatoms. The molecule has 0 fully saturated rings. The van der Waals surface area contributed by atoms with Crippen molar-refractivity contribution >= 4 is 33.7 Å². The monoisotopic (exact) mass is 497 g/mol. The molecular formula is C23H20BrN3O5. The van der Waals surface area contributed by atoms with E-state index in [4.69, 9.17) is 9.47 Å². The number of nitrogens with one attached hydrogen (secondary N) is 1. The van der Waals surface area contributed by atoms with Crippen LogP contribution < -0.4 is 14.9 Å². The smallest absolute Gasteiger partial charge is 0.271 e. The van der Waals surface area contributed by atoms with Crippen LogP contribution >= 0.6 is 15.9 Å². The summed E-state index contributed by atoms with van der Waals surface area (Å²) in [5.74, 6) is 0.488. The number of methoxy groups -OCH3 is 1. The molecule has 0 aromatic heterocycles. The predicted octanol–water partition coefficient (Wildman–Crippen LogP) is 5.02. The summed E-state index contributed by atoms with van der Waals surface area (Å²) >= 11 is 3.49. The zero-order valence-electron chi connectivity index (χ0n) is 17.4. The maximum Gasteiger partial charge on any atom is 0.271 e. The Morgan fingerprint density at radius 1 is 1.19 bits per heavy atom. The van der Waals surface area contributed by atoms with Crippen molar-refractivity contribution in [3.8, 4) is 11.5 Å². The summed E-state index contributed by atoms with van der Waals surface area (Å²) in [6.07, 6.45) is 1.44. The average Bonchev–Trinajstić information content (AvgIpc) is 2.79.